The standard InChI is InChI=1S/C9H12N2O2/c1-6(7-2-3-7)11-9(12)8-4-10-5-13-8/h4-7H,2-3H2,1H3,(H,11,12)/t6-/m0/s1. The van der Waals surface area contributed by atoms with Gasteiger partial charge in [-0.1, -0.05) is 0 Å². The van der Waals surface area contributed by atoms with Gasteiger partial charge in [0.2, 0.25) is 5.76 Å². The molecule has 1 aromatic heterocycles. The van der Waals surface area contributed by atoms with Gasteiger partial charge < -0.3 is 9.73 Å². The van der Waals surface area contributed by atoms with E-state index in [1.807, 2.05) is 6.92 Å². The van der Waals surface area contributed by atoms with Gasteiger partial charge in [-0.15, -0.1) is 0 Å². The Kier molecular flexibility index (Phi) is 2.04. The second-order valence-corrected chi connectivity index (χ2v) is 3.47. The first-order chi connectivity index (χ1) is 6.27. The van der Waals surface area contributed by atoms with Crippen LogP contribution >= 0.6 is 0 Å². The third-order valence-electron chi connectivity index (χ3n) is 2.34. The van der Waals surface area contributed by atoms with Crippen LogP contribution in [0.4, 0.5) is 0 Å². The molecule has 0 spiro atoms. The first kappa shape index (κ1) is 8.29. The Morgan fingerprint density at radius 3 is 3.08 bits per heavy atom. The molecule has 1 heterocycles. The zero-order chi connectivity index (χ0) is 9.26. The third kappa shape index (κ3) is 1.88. The summed E-state index contributed by atoms with van der Waals surface area (Å²) in [7, 11) is 0. The van der Waals surface area contributed by atoms with Crippen molar-refractivity contribution in [1.29, 1.82) is 0 Å². The Hall–Kier alpha value is -1.32. The molecule has 1 saturated carbocycles. The lowest BCUT2D eigenvalue weighted by atomic mass is 10.2. The van der Waals surface area contributed by atoms with Gasteiger partial charge in [0, 0.05) is 6.04 Å². The number of rotatable bonds is 3. The molecule has 1 aliphatic rings. The predicted molar refractivity (Wildman–Crippen MR) is 46.2 cm³/mol. The fraction of sp³-hybridized carbons (Fsp3) is 0.556. The lowest BCUT2D eigenvalue weighted by Gasteiger charge is -2.10. The first-order valence-electron chi connectivity index (χ1n) is 4.46. The molecule has 0 radical (unpaired) electrons. The molecule has 4 heteroatoms. The number of oxazole rings is 1. The SMILES string of the molecule is C[C@H](NC(=O)c1cnco1)C1CC1. The maximum Gasteiger partial charge on any atom is 0.288 e. The molecule has 1 aromatic rings. The van der Waals surface area contributed by atoms with Crippen LogP contribution in [-0.2, 0) is 0 Å². The predicted octanol–water partition coefficient (Wildman–Crippen LogP) is 1.20. The Balaban J connectivity index is 1.91. The second kappa shape index (κ2) is 3.20. The van der Waals surface area contributed by atoms with E-state index in [9.17, 15) is 4.79 Å². The number of hydrogen-bond acceptors (Lipinski definition) is 3. The molecule has 1 atom stereocenters. The summed E-state index contributed by atoms with van der Waals surface area (Å²) in [6.45, 7) is 2.02. The summed E-state index contributed by atoms with van der Waals surface area (Å²) in [5.41, 5.74) is 0. The second-order valence-electron chi connectivity index (χ2n) is 3.47. The number of amides is 1. The Labute approximate surface area is 76.3 Å². The molecule has 2 rings (SSSR count). The van der Waals surface area contributed by atoms with E-state index >= 15 is 0 Å². The van der Waals surface area contributed by atoms with Crippen molar-refractivity contribution in [1.82, 2.24) is 10.3 Å². The van der Waals surface area contributed by atoms with Crippen molar-refractivity contribution in [3.05, 3.63) is 18.4 Å². The lowest BCUT2D eigenvalue weighted by molar-refractivity contribution is 0.0908. The molecule has 1 N–H and O–H groups in total. The number of carbonyl (C=O) groups is 1. The van der Waals surface area contributed by atoms with Crippen LogP contribution in [-0.4, -0.2) is 16.9 Å². The van der Waals surface area contributed by atoms with Gasteiger partial charge in [0.1, 0.15) is 0 Å². The highest BCUT2D eigenvalue weighted by Gasteiger charge is 2.29. The van der Waals surface area contributed by atoms with E-state index in [2.05, 4.69) is 10.3 Å². The summed E-state index contributed by atoms with van der Waals surface area (Å²) < 4.78 is 4.87. The number of nitrogens with zero attached hydrogens (tertiary/aromatic N) is 1. The van der Waals surface area contributed by atoms with Crippen LogP contribution in [0.2, 0.25) is 0 Å². The fourth-order valence-electron chi connectivity index (χ4n) is 1.32. The van der Waals surface area contributed by atoms with E-state index < -0.39 is 0 Å². The van der Waals surface area contributed by atoms with E-state index in [-0.39, 0.29) is 17.7 Å². The summed E-state index contributed by atoms with van der Waals surface area (Å²) >= 11 is 0. The van der Waals surface area contributed by atoms with Crippen LogP contribution < -0.4 is 5.32 Å². The summed E-state index contributed by atoms with van der Waals surface area (Å²) in [5.74, 6) is 0.774. The lowest BCUT2D eigenvalue weighted by Crippen LogP contribution is -2.33. The molecule has 0 unspecified atom stereocenters. The van der Waals surface area contributed by atoms with Crippen molar-refractivity contribution < 1.29 is 9.21 Å². The molecule has 0 aromatic carbocycles. The number of aromatic nitrogens is 1. The molecule has 4 nitrogen and oxygen atoms in total. The van der Waals surface area contributed by atoms with Gasteiger partial charge in [-0.2, -0.15) is 0 Å². The molecule has 0 aliphatic heterocycles. The van der Waals surface area contributed by atoms with Gasteiger partial charge in [0.15, 0.2) is 6.39 Å². The molecule has 0 bridgehead atoms. The molecule has 1 fully saturated rings. The van der Waals surface area contributed by atoms with Crippen molar-refractivity contribution in [2.24, 2.45) is 5.92 Å². The van der Waals surface area contributed by atoms with Crippen LogP contribution in [0.1, 0.15) is 30.3 Å². The van der Waals surface area contributed by atoms with Crippen LogP contribution in [0.25, 0.3) is 0 Å². The zero-order valence-corrected chi connectivity index (χ0v) is 7.49. The normalized spacial score (nSPS) is 18.2. The number of carbonyl (C=O) groups excluding carboxylic acids is 1. The van der Waals surface area contributed by atoms with Crippen LogP contribution in [0, 0.1) is 5.92 Å². The van der Waals surface area contributed by atoms with Crippen molar-refractivity contribution in [3.8, 4) is 0 Å². The minimum absolute atomic E-state index is 0.170. The van der Waals surface area contributed by atoms with Crippen molar-refractivity contribution in [2.75, 3.05) is 0 Å². The van der Waals surface area contributed by atoms with Crippen LogP contribution in [0.5, 0.6) is 0 Å². The van der Waals surface area contributed by atoms with E-state index in [1.54, 1.807) is 0 Å². The largest absolute Gasteiger partial charge is 0.438 e. The molecule has 70 valence electrons. The van der Waals surface area contributed by atoms with Crippen LogP contribution in [0.3, 0.4) is 0 Å². The third-order valence-corrected chi connectivity index (χ3v) is 2.34. The maximum atomic E-state index is 11.4. The van der Waals surface area contributed by atoms with Gasteiger partial charge in [-0.25, -0.2) is 4.98 Å². The van der Waals surface area contributed by atoms with Crippen molar-refractivity contribution in [3.63, 3.8) is 0 Å². The van der Waals surface area contributed by atoms with E-state index in [1.165, 1.54) is 25.4 Å². The summed E-state index contributed by atoms with van der Waals surface area (Å²) in [4.78, 5) is 15.1. The van der Waals surface area contributed by atoms with E-state index in [4.69, 9.17) is 4.42 Å². The number of nitrogens with one attached hydrogen (secondary N) is 1. The zero-order valence-electron chi connectivity index (χ0n) is 7.49. The fourth-order valence-corrected chi connectivity index (χ4v) is 1.32. The summed E-state index contributed by atoms with van der Waals surface area (Å²) in [6.07, 6.45) is 5.13. The van der Waals surface area contributed by atoms with Gasteiger partial charge in [0.05, 0.1) is 6.20 Å². The van der Waals surface area contributed by atoms with Gasteiger partial charge in [-0.3, -0.25) is 4.79 Å². The van der Waals surface area contributed by atoms with Gasteiger partial charge in [-0.05, 0) is 25.7 Å². The smallest absolute Gasteiger partial charge is 0.288 e. The molecule has 1 aliphatic carbocycles. The molecular weight excluding hydrogens is 168 g/mol. The quantitative estimate of drug-likeness (QED) is 0.760. The van der Waals surface area contributed by atoms with Crippen molar-refractivity contribution in [2.45, 2.75) is 25.8 Å². The highest BCUT2D eigenvalue weighted by Crippen LogP contribution is 2.32. The highest BCUT2D eigenvalue weighted by molar-refractivity contribution is 5.91. The molecule has 1 amide bonds. The number of hydrogen-bond donors (Lipinski definition) is 1. The molecular formula is C9H12N2O2. The summed E-state index contributed by atoms with van der Waals surface area (Å²) in [5, 5.41) is 2.87. The average Bonchev–Trinajstić information content (AvgIpc) is 2.81. The molecule has 0 saturated heterocycles. The minimum atomic E-state index is -0.170. The minimum Gasteiger partial charge on any atom is -0.438 e. The Morgan fingerprint density at radius 1 is 1.77 bits per heavy atom. The highest BCUT2D eigenvalue weighted by atomic mass is 16.3. The molecule has 13 heavy (non-hydrogen) atoms. The Bertz CT molecular complexity index is 291. The Morgan fingerprint density at radius 2 is 2.54 bits per heavy atom. The van der Waals surface area contributed by atoms with Gasteiger partial charge in [0.25, 0.3) is 5.91 Å². The van der Waals surface area contributed by atoms with Crippen LogP contribution in [0.15, 0.2) is 17.0 Å². The summed E-state index contributed by atoms with van der Waals surface area (Å²) in [6, 6.07) is 0.248. The van der Waals surface area contributed by atoms with E-state index in [0.717, 1.165) is 0 Å². The topological polar surface area (TPSA) is 55.1 Å². The van der Waals surface area contributed by atoms with Crippen molar-refractivity contribution >= 4 is 5.91 Å². The monoisotopic (exact) mass is 180 g/mol. The average molecular weight is 180 g/mol. The first-order valence-corrected chi connectivity index (χ1v) is 4.46. The van der Waals surface area contributed by atoms with Gasteiger partial charge >= 0.3 is 0 Å². The maximum absolute atomic E-state index is 11.4. The van der Waals surface area contributed by atoms with E-state index in [0.29, 0.717) is 5.92 Å².